The van der Waals surface area contributed by atoms with Gasteiger partial charge in [0, 0.05) is 18.2 Å². The van der Waals surface area contributed by atoms with Crippen LogP contribution in [0.15, 0.2) is 42.5 Å². The molecule has 0 bridgehead atoms. The third-order valence-corrected chi connectivity index (χ3v) is 3.39. The van der Waals surface area contributed by atoms with E-state index in [-0.39, 0.29) is 5.91 Å². The summed E-state index contributed by atoms with van der Waals surface area (Å²) in [7, 11) is 3.11. The summed E-state index contributed by atoms with van der Waals surface area (Å²) >= 11 is 0. The number of methoxy groups -OCH3 is 2. The number of ether oxygens (including phenoxy) is 2. The molecule has 0 saturated carbocycles. The number of aryl methyl sites for hydroxylation is 1. The lowest BCUT2D eigenvalue weighted by atomic mass is 10.1. The number of anilines is 1. The zero-order valence-corrected chi connectivity index (χ0v) is 13.1. The average Bonchev–Trinajstić information content (AvgIpc) is 2.60. The molecule has 0 aliphatic rings. The van der Waals surface area contributed by atoms with Crippen LogP contribution in [0.25, 0.3) is 0 Å². The Morgan fingerprint density at radius 3 is 2.39 bits per heavy atom. The minimum absolute atomic E-state index is 0.0819. The molecule has 0 unspecified atom stereocenters. The number of carbonyl (C=O) groups is 1. The van der Waals surface area contributed by atoms with E-state index in [4.69, 9.17) is 14.7 Å². The van der Waals surface area contributed by atoms with Gasteiger partial charge in [-0.15, -0.1) is 0 Å². The molecule has 5 nitrogen and oxygen atoms in total. The van der Waals surface area contributed by atoms with Gasteiger partial charge in [-0.05, 0) is 36.2 Å². The monoisotopic (exact) mass is 310 g/mol. The highest BCUT2D eigenvalue weighted by molar-refractivity contribution is 5.91. The number of hydrogen-bond donors (Lipinski definition) is 1. The van der Waals surface area contributed by atoms with E-state index in [1.165, 1.54) is 0 Å². The van der Waals surface area contributed by atoms with E-state index in [0.29, 0.717) is 35.6 Å². The molecule has 0 aliphatic carbocycles. The number of hydrogen-bond acceptors (Lipinski definition) is 4. The highest BCUT2D eigenvalue weighted by Gasteiger charge is 2.07. The first kappa shape index (κ1) is 16.4. The predicted molar refractivity (Wildman–Crippen MR) is 87.7 cm³/mol. The Bertz CT molecular complexity index is 718. The maximum absolute atomic E-state index is 12.0. The van der Waals surface area contributed by atoms with E-state index >= 15 is 0 Å². The van der Waals surface area contributed by atoms with Crippen molar-refractivity contribution in [2.24, 2.45) is 0 Å². The first-order valence-corrected chi connectivity index (χ1v) is 7.17. The molecule has 2 aromatic carbocycles. The number of nitrogens with one attached hydrogen (secondary N) is 1. The third-order valence-electron chi connectivity index (χ3n) is 3.39. The van der Waals surface area contributed by atoms with Crippen LogP contribution in [0.1, 0.15) is 17.5 Å². The van der Waals surface area contributed by atoms with E-state index in [1.807, 2.05) is 12.1 Å². The summed E-state index contributed by atoms with van der Waals surface area (Å²) < 4.78 is 10.4. The van der Waals surface area contributed by atoms with Crippen LogP contribution < -0.4 is 14.8 Å². The Kier molecular flexibility index (Phi) is 5.59. The van der Waals surface area contributed by atoms with Crippen molar-refractivity contribution in [2.45, 2.75) is 12.8 Å². The molecule has 0 fully saturated rings. The van der Waals surface area contributed by atoms with Gasteiger partial charge < -0.3 is 14.8 Å². The van der Waals surface area contributed by atoms with Crippen molar-refractivity contribution in [1.29, 1.82) is 5.26 Å². The van der Waals surface area contributed by atoms with Crippen molar-refractivity contribution in [3.8, 4) is 17.6 Å². The van der Waals surface area contributed by atoms with Crippen molar-refractivity contribution in [3.05, 3.63) is 53.6 Å². The van der Waals surface area contributed by atoms with Crippen LogP contribution in [0.5, 0.6) is 11.5 Å². The van der Waals surface area contributed by atoms with Crippen LogP contribution in [-0.4, -0.2) is 20.1 Å². The Hall–Kier alpha value is -3.00. The van der Waals surface area contributed by atoms with Gasteiger partial charge in [0.1, 0.15) is 0 Å². The Balaban J connectivity index is 1.92. The third kappa shape index (κ3) is 4.48. The normalized spacial score (nSPS) is 9.78. The number of carbonyl (C=O) groups excluding carboxylic acids is 1. The van der Waals surface area contributed by atoms with Crippen molar-refractivity contribution in [3.63, 3.8) is 0 Å². The smallest absolute Gasteiger partial charge is 0.224 e. The first-order valence-electron chi connectivity index (χ1n) is 7.17. The van der Waals surface area contributed by atoms with Gasteiger partial charge in [0.15, 0.2) is 11.5 Å². The fourth-order valence-corrected chi connectivity index (χ4v) is 2.14. The van der Waals surface area contributed by atoms with Gasteiger partial charge in [-0.25, -0.2) is 0 Å². The lowest BCUT2D eigenvalue weighted by Gasteiger charge is -2.10. The number of benzene rings is 2. The minimum Gasteiger partial charge on any atom is -0.493 e. The second-order valence-corrected chi connectivity index (χ2v) is 4.93. The topological polar surface area (TPSA) is 71.3 Å². The summed E-state index contributed by atoms with van der Waals surface area (Å²) in [5, 5.41) is 11.6. The summed E-state index contributed by atoms with van der Waals surface area (Å²) in [5.41, 5.74) is 2.29. The Labute approximate surface area is 135 Å². The largest absolute Gasteiger partial charge is 0.493 e. The molecule has 1 amide bonds. The van der Waals surface area contributed by atoms with Crippen LogP contribution in [0.3, 0.4) is 0 Å². The van der Waals surface area contributed by atoms with E-state index < -0.39 is 0 Å². The lowest BCUT2D eigenvalue weighted by Crippen LogP contribution is -2.12. The summed E-state index contributed by atoms with van der Waals surface area (Å²) in [6.07, 6.45) is 0.977. The van der Waals surface area contributed by atoms with Gasteiger partial charge in [0.05, 0.1) is 25.9 Å². The lowest BCUT2D eigenvalue weighted by molar-refractivity contribution is -0.116. The predicted octanol–water partition coefficient (Wildman–Crippen LogP) is 3.15. The van der Waals surface area contributed by atoms with Crippen molar-refractivity contribution in [2.75, 3.05) is 19.5 Å². The molecule has 0 spiro atoms. The van der Waals surface area contributed by atoms with Crippen molar-refractivity contribution in [1.82, 2.24) is 0 Å². The molecule has 0 atom stereocenters. The van der Waals surface area contributed by atoms with Crippen LogP contribution in [0, 0.1) is 11.3 Å². The number of nitrogens with zero attached hydrogens (tertiary/aromatic N) is 1. The number of nitriles is 1. The maximum Gasteiger partial charge on any atom is 0.224 e. The van der Waals surface area contributed by atoms with Crippen LogP contribution in [0.4, 0.5) is 5.69 Å². The first-order chi connectivity index (χ1) is 11.2. The highest BCUT2D eigenvalue weighted by atomic mass is 16.5. The summed E-state index contributed by atoms with van der Waals surface area (Å²) in [4.78, 5) is 12.0. The fourth-order valence-electron chi connectivity index (χ4n) is 2.14. The fraction of sp³-hybridized carbons (Fsp3) is 0.222. The van der Waals surface area contributed by atoms with Crippen molar-refractivity contribution >= 4 is 11.6 Å². The van der Waals surface area contributed by atoms with Crippen molar-refractivity contribution < 1.29 is 14.3 Å². The summed E-state index contributed by atoms with van der Waals surface area (Å²) in [6, 6.07) is 14.5. The van der Waals surface area contributed by atoms with Crippen LogP contribution in [0.2, 0.25) is 0 Å². The molecule has 0 aliphatic heterocycles. The molecule has 118 valence electrons. The average molecular weight is 310 g/mol. The molecule has 5 heteroatoms. The summed E-state index contributed by atoms with van der Waals surface area (Å²) in [5.74, 6) is 1.10. The number of amides is 1. The van der Waals surface area contributed by atoms with Crippen LogP contribution >= 0.6 is 0 Å². The van der Waals surface area contributed by atoms with Gasteiger partial charge in [-0.3, -0.25) is 4.79 Å². The molecule has 1 N–H and O–H groups in total. The zero-order chi connectivity index (χ0) is 16.7. The Morgan fingerprint density at radius 1 is 1.09 bits per heavy atom. The zero-order valence-electron chi connectivity index (χ0n) is 13.1. The molecule has 0 aromatic heterocycles. The van der Waals surface area contributed by atoms with Gasteiger partial charge in [0.2, 0.25) is 5.91 Å². The molecular formula is C18H18N2O3. The number of rotatable bonds is 6. The minimum atomic E-state index is -0.0819. The second-order valence-electron chi connectivity index (χ2n) is 4.93. The SMILES string of the molecule is COc1ccc(NC(=O)CCc2ccc(C#N)cc2)cc1OC. The molecule has 0 saturated heterocycles. The second kappa shape index (κ2) is 7.85. The standard InChI is InChI=1S/C18H18N2O3/c1-22-16-9-8-15(11-17(16)23-2)20-18(21)10-7-13-3-5-14(12-19)6-4-13/h3-6,8-9,11H,7,10H2,1-2H3,(H,20,21). The highest BCUT2D eigenvalue weighted by Crippen LogP contribution is 2.29. The molecule has 0 heterocycles. The maximum atomic E-state index is 12.0. The quantitative estimate of drug-likeness (QED) is 0.889. The Morgan fingerprint density at radius 2 is 1.78 bits per heavy atom. The van der Waals surface area contributed by atoms with E-state index in [1.54, 1.807) is 44.6 Å². The van der Waals surface area contributed by atoms with Crippen LogP contribution in [-0.2, 0) is 11.2 Å². The summed E-state index contributed by atoms with van der Waals surface area (Å²) in [6.45, 7) is 0. The van der Waals surface area contributed by atoms with E-state index in [0.717, 1.165) is 5.56 Å². The molecule has 0 radical (unpaired) electrons. The molecular weight excluding hydrogens is 292 g/mol. The van der Waals surface area contributed by atoms with Gasteiger partial charge >= 0.3 is 0 Å². The molecule has 23 heavy (non-hydrogen) atoms. The molecule has 2 rings (SSSR count). The van der Waals surface area contributed by atoms with E-state index in [2.05, 4.69) is 11.4 Å². The molecule has 2 aromatic rings. The van der Waals surface area contributed by atoms with Gasteiger partial charge in [-0.2, -0.15) is 5.26 Å². The van der Waals surface area contributed by atoms with Gasteiger partial charge in [0.25, 0.3) is 0 Å². The van der Waals surface area contributed by atoms with E-state index in [9.17, 15) is 4.79 Å². The van der Waals surface area contributed by atoms with Gasteiger partial charge in [-0.1, -0.05) is 12.1 Å².